The van der Waals surface area contributed by atoms with Crippen LogP contribution in [-0.2, 0) is 14.6 Å². The van der Waals surface area contributed by atoms with Crippen molar-refractivity contribution in [3.05, 3.63) is 58.1 Å². The number of sulfone groups is 1. The summed E-state index contributed by atoms with van der Waals surface area (Å²) in [5, 5.41) is 19.4. The Morgan fingerprint density at radius 3 is 2.10 bits per heavy atom. The van der Waals surface area contributed by atoms with Crippen molar-refractivity contribution in [3.63, 3.8) is 0 Å². The van der Waals surface area contributed by atoms with Crippen molar-refractivity contribution < 1.29 is 22.7 Å². The predicted octanol–water partition coefficient (Wildman–Crippen LogP) is 2.69. The number of rotatable bonds is 0. The van der Waals surface area contributed by atoms with Gasteiger partial charge < -0.3 is 4.74 Å². The molecule has 0 bridgehead atoms. The number of nitriles is 2. The monoisotopic (exact) mass is 410 g/mol. The Bertz CT molecular complexity index is 1620. The number of fused-ring (bicyclic) bond motifs is 2. The summed E-state index contributed by atoms with van der Waals surface area (Å²) in [7, 11) is -4.22. The fourth-order valence-corrected chi connectivity index (χ4v) is 5.80. The maximum atomic E-state index is 13.5. The summed E-state index contributed by atoms with van der Waals surface area (Å²) in [6.45, 7) is 0. The normalized spacial score (nSPS) is 14.8. The van der Waals surface area contributed by atoms with E-state index in [2.05, 4.69) is 5.92 Å². The van der Waals surface area contributed by atoms with Gasteiger partial charge in [-0.1, -0.05) is 5.92 Å². The lowest BCUT2D eigenvalue weighted by atomic mass is 9.86. The third kappa shape index (κ3) is 1.94. The zero-order chi connectivity index (χ0) is 21.4. The van der Waals surface area contributed by atoms with E-state index in [1.807, 2.05) is 12.1 Å². The smallest absolute Gasteiger partial charge is 0.346 e. The van der Waals surface area contributed by atoms with Crippen LogP contribution in [-0.4, -0.2) is 20.4 Å². The molecule has 0 unspecified atom stereocenters. The lowest BCUT2D eigenvalue weighted by molar-refractivity contribution is 0.0391. The number of carbonyl (C=O) groups is 2. The zero-order valence-electron chi connectivity index (χ0n) is 14.8. The van der Waals surface area contributed by atoms with Gasteiger partial charge in [0, 0.05) is 27.5 Å². The Labute approximate surface area is 169 Å². The molecule has 0 spiro atoms. The van der Waals surface area contributed by atoms with Crippen LogP contribution in [0.5, 0.6) is 0 Å². The van der Waals surface area contributed by atoms with E-state index < -0.39 is 21.8 Å². The van der Waals surface area contributed by atoms with Gasteiger partial charge in [-0.3, -0.25) is 0 Å². The van der Waals surface area contributed by atoms with Crippen molar-refractivity contribution in [2.75, 3.05) is 0 Å². The molecule has 7 nitrogen and oxygen atoms in total. The first-order valence-corrected chi connectivity index (χ1v) is 9.92. The van der Waals surface area contributed by atoms with Crippen LogP contribution < -0.4 is 0 Å². The van der Waals surface area contributed by atoms with Gasteiger partial charge >= 0.3 is 11.9 Å². The van der Waals surface area contributed by atoms with Gasteiger partial charge in [-0.25, -0.2) is 18.0 Å². The summed E-state index contributed by atoms with van der Waals surface area (Å²) in [4.78, 5) is 24.2. The van der Waals surface area contributed by atoms with E-state index in [0.717, 1.165) is 6.07 Å². The summed E-state index contributed by atoms with van der Waals surface area (Å²) in [6.07, 6.45) is 5.46. The third-order valence-electron chi connectivity index (χ3n) is 5.20. The Hall–Kier alpha value is -4.45. The summed E-state index contributed by atoms with van der Waals surface area (Å²) in [6, 6.07) is 10.4. The number of esters is 2. The van der Waals surface area contributed by atoms with E-state index in [0.29, 0.717) is 5.56 Å². The molecule has 0 saturated heterocycles. The number of terminal acetylenes is 1. The number of hydrogen-bond donors (Lipinski definition) is 0. The van der Waals surface area contributed by atoms with Crippen LogP contribution in [0.3, 0.4) is 0 Å². The van der Waals surface area contributed by atoms with Crippen molar-refractivity contribution in [1.29, 1.82) is 10.5 Å². The van der Waals surface area contributed by atoms with Gasteiger partial charge in [0.2, 0.25) is 9.84 Å². The van der Waals surface area contributed by atoms with Gasteiger partial charge in [0.25, 0.3) is 0 Å². The minimum Gasteiger partial charge on any atom is -0.386 e. The second-order valence-corrected chi connectivity index (χ2v) is 8.51. The summed E-state index contributed by atoms with van der Waals surface area (Å²) in [5.41, 5.74) is 0.249. The highest BCUT2D eigenvalue weighted by molar-refractivity contribution is 7.92. The molecule has 8 heteroatoms. The Balaban J connectivity index is 2.19. The second-order valence-electron chi connectivity index (χ2n) is 6.66. The molecule has 2 aliphatic heterocycles. The topological polar surface area (TPSA) is 125 Å². The Morgan fingerprint density at radius 1 is 0.867 bits per heavy atom. The fraction of sp³-hybridized carbons (Fsp3) is 0. The second kappa shape index (κ2) is 5.55. The van der Waals surface area contributed by atoms with Crippen molar-refractivity contribution in [1.82, 2.24) is 0 Å². The summed E-state index contributed by atoms with van der Waals surface area (Å²) in [5.74, 6) is 0.434. The van der Waals surface area contributed by atoms with Crippen LogP contribution in [0.15, 0.2) is 40.1 Å². The van der Waals surface area contributed by atoms with Crippen molar-refractivity contribution in [2.24, 2.45) is 0 Å². The average Bonchev–Trinajstić information content (AvgIpc) is 2.74. The molecular formula is C22H6N2O5S. The molecule has 2 aliphatic rings. The van der Waals surface area contributed by atoms with E-state index in [4.69, 9.17) is 11.2 Å². The predicted molar refractivity (Wildman–Crippen MR) is 102 cm³/mol. The third-order valence-corrected chi connectivity index (χ3v) is 7.09. The number of carbonyl (C=O) groups excluding carboxylic acids is 2. The molecule has 0 atom stereocenters. The summed E-state index contributed by atoms with van der Waals surface area (Å²) < 4.78 is 31.7. The first-order valence-electron chi connectivity index (χ1n) is 8.44. The molecule has 0 amide bonds. The molecule has 3 aromatic rings. The Kier molecular flexibility index (Phi) is 3.26. The number of ether oxygens (including phenoxy) is 1. The quantitative estimate of drug-likeness (QED) is 0.248. The number of nitrogens with zero attached hydrogens (tertiary/aromatic N) is 2. The fourth-order valence-electron chi connectivity index (χ4n) is 4.01. The molecule has 0 aromatic heterocycles. The van der Waals surface area contributed by atoms with Crippen molar-refractivity contribution in [3.8, 4) is 35.6 Å². The van der Waals surface area contributed by atoms with E-state index in [9.17, 15) is 28.5 Å². The average molecular weight is 410 g/mol. The minimum absolute atomic E-state index is 0.00332. The molecule has 30 heavy (non-hydrogen) atoms. The van der Waals surface area contributed by atoms with E-state index in [1.165, 1.54) is 24.3 Å². The molecule has 3 aromatic carbocycles. The standard InChI is InChI=1S/C22H6N2O5S/c1-2-10-3-4-16-13(5-10)17-11(8-23)6-14-18-15(22(26)29-21(14)25)7-12(9-24)20(19(17)18)30(16,27)28/h1,3-7H. The van der Waals surface area contributed by atoms with E-state index in [-0.39, 0.29) is 53.9 Å². The molecule has 140 valence electrons. The van der Waals surface area contributed by atoms with Crippen LogP contribution >= 0.6 is 0 Å². The summed E-state index contributed by atoms with van der Waals surface area (Å²) >= 11 is 0. The number of cyclic esters (lactones) is 2. The molecule has 0 aliphatic carbocycles. The highest BCUT2D eigenvalue weighted by atomic mass is 32.2. The molecule has 0 saturated carbocycles. The van der Waals surface area contributed by atoms with E-state index >= 15 is 0 Å². The SMILES string of the molecule is C#Cc1ccc2c(c1)-c1c(C#N)cc3c4c(cc(C#N)c(c14)S2(=O)=O)C(=O)OC3=O. The number of hydrogen-bond acceptors (Lipinski definition) is 7. The lowest BCUT2D eigenvalue weighted by Crippen LogP contribution is -2.23. The van der Waals surface area contributed by atoms with Crippen LogP contribution in [0.4, 0.5) is 0 Å². The highest BCUT2D eigenvalue weighted by Crippen LogP contribution is 2.49. The van der Waals surface area contributed by atoms with Crippen LogP contribution in [0.1, 0.15) is 37.4 Å². The molecule has 0 N–H and O–H groups in total. The van der Waals surface area contributed by atoms with Crippen LogP contribution in [0.25, 0.3) is 21.9 Å². The number of benzene rings is 3. The molecule has 5 rings (SSSR count). The van der Waals surface area contributed by atoms with Gasteiger partial charge in [0.15, 0.2) is 0 Å². The Morgan fingerprint density at radius 2 is 1.50 bits per heavy atom. The van der Waals surface area contributed by atoms with Gasteiger partial charge in [-0.2, -0.15) is 10.5 Å². The van der Waals surface area contributed by atoms with Crippen LogP contribution in [0.2, 0.25) is 0 Å². The first kappa shape index (κ1) is 17.6. The maximum Gasteiger partial charge on any atom is 0.346 e. The largest absolute Gasteiger partial charge is 0.386 e. The molecule has 2 heterocycles. The first-order chi connectivity index (χ1) is 14.3. The van der Waals surface area contributed by atoms with Gasteiger partial charge in [0.1, 0.15) is 6.07 Å². The zero-order valence-corrected chi connectivity index (χ0v) is 15.6. The van der Waals surface area contributed by atoms with E-state index in [1.54, 1.807) is 0 Å². The van der Waals surface area contributed by atoms with Crippen molar-refractivity contribution >= 4 is 32.5 Å². The van der Waals surface area contributed by atoms with Crippen molar-refractivity contribution in [2.45, 2.75) is 9.79 Å². The molecule has 0 radical (unpaired) electrons. The van der Waals surface area contributed by atoms with Gasteiger partial charge in [0.05, 0.1) is 38.1 Å². The maximum absolute atomic E-state index is 13.5. The van der Waals surface area contributed by atoms with Gasteiger partial charge in [-0.05, 0) is 30.3 Å². The minimum atomic E-state index is -4.22. The molecular weight excluding hydrogens is 404 g/mol. The highest BCUT2D eigenvalue weighted by Gasteiger charge is 2.40. The van der Waals surface area contributed by atoms with Crippen LogP contribution in [0, 0.1) is 35.0 Å². The molecule has 0 fully saturated rings. The van der Waals surface area contributed by atoms with Gasteiger partial charge in [-0.15, -0.1) is 6.42 Å². The lowest BCUT2D eigenvalue weighted by Gasteiger charge is -2.26.